The third-order valence-corrected chi connectivity index (χ3v) is 3.52. The third kappa shape index (κ3) is 3.65. The summed E-state index contributed by atoms with van der Waals surface area (Å²) in [6.07, 6.45) is 1.50. The van der Waals surface area contributed by atoms with Crippen LogP contribution in [0.25, 0.3) is 0 Å². The van der Waals surface area contributed by atoms with Crippen molar-refractivity contribution in [1.82, 2.24) is 10.6 Å². The molecule has 1 amide bonds. The largest absolute Gasteiger partial charge is 0.387 e. The number of aliphatic hydroxyl groups is 1. The molecular formula is C13H16ClFN2O2. The van der Waals surface area contributed by atoms with Crippen molar-refractivity contribution >= 4 is 17.5 Å². The Labute approximate surface area is 116 Å². The highest BCUT2D eigenvalue weighted by Gasteiger charge is 2.29. The molecule has 4 nitrogen and oxygen atoms in total. The summed E-state index contributed by atoms with van der Waals surface area (Å²) in [7, 11) is 0. The van der Waals surface area contributed by atoms with Crippen molar-refractivity contribution in [2.45, 2.75) is 18.4 Å². The first-order chi connectivity index (χ1) is 9.00. The van der Waals surface area contributed by atoms with Crippen LogP contribution in [0.5, 0.6) is 0 Å². The van der Waals surface area contributed by atoms with E-state index in [-0.39, 0.29) is 17.1 Å². The monoisotopic (exact) mass is 286 g/mol. The second kappa shape index (κ2) is 5.86. The van der Waals surface area contributed by atoms with Gasteiger partial charge >= 0.3 is 0 Å². The predicted octanol–water partition coefficient (Wildman–Crippen LogP) is 1.32. The summed E-state index contributed by atoms with van der Waals surface area (Å²) in [5, 5.41) is 16.0. The number of hydrogen-bond donors (Lipinski definition) is 3. The van der Waals surface area contributed by atoms with E-state index in [1.54, 1.807) is 0 Å². The van der Waals surface area contributed by atoms with Crippen LogP contribution in [0.4, 0.5) is 4.39 Å². The van der Waals surface area contributed by atoms with Crippen LogP contribution < -0.4 is 10.6 Å². The van der Waals surface area contributed by atoms with E-state index in [2.05, 4.69) is 10.6 Å². The summed E-state index contributed by atoms with van der Waals surface area (Å²) in [6, 6.07) is 3.60. The Morgan fingerprint density at radius 3 is 3.00 bits per heavy atom. The molecular weight excluding hydrogens is 271 g/mol. The van der Waals surface area contributed by atoms with E-state index in [1.807, 2.05) is 0 Å². The standard InChI is InChI=1S/C13H16ClFN2O2/c14-11-6-9(15)2-3-10(11)12(18)17-8-13(19)4-1-5-16-7-13/h2-3,6,16,19H,1,4-5,7-8H2,(H,17,18). The van der Waals surface area contributed by atoms with Gasteiger partial charge in [0.05, 0.1) is 16.2 Å². The van der Waals surface area contributed by atoms with Crippen molar-refractivity contribution in [3.8, 4) is 0 Å². The molecule has 0 bridgehead atoms. The fourth-order valence-corrected chi connectivity index (χ4v) is 2.37. The van der Waals surface area contributed by atoms with E-state index >= 15 is 0 Å². The molecule has 0 spiro atoms. The van der Waals surface area contributed by atoms with Crippen molar-refractivity contribution in [1.29, 1.82) is 0 Å². The van der Waals surface area contributed by atoms with E-state index in [0.717, 1.165) is 19.0 Å². The normalized spacial score (nSPS) is 23.1. The van der Waals surface area contributed by atoms with Gasteiger partial charge in [0, 0.05) is 13.1 Å². The second-order valence-electron chi connectivity index (χ2n) is 4.81. The molecule has 0 aliphatic carbocycles. The molecule has 0 radical (unpaired) electrons. The Hall–Kier alpha value is -1.17. The number of halogens is 2. The Bertz CT molecular complexity index is 476. The van der Waals surface area contributed by atoms with Gasteiger partial charge in [0.25, 0.3) is 5.91 Å². The SMILES string of the molecule is O=C(NCC1(O)CCCNC1)c1ccc(F)cc1Cl. The van der Waals surface area contributed by atoms with Crippen LogP contribution in [0.15, 0.2) is 18.2 Å². The molecule has 1 atom stereocenters. The topological polar surface area (TPSA) is 61.4 Å². The summed E-state index contributed by atoms with van der Waals surface area (Å²) in [5.41, 5.74) is -0.726. The number of benzene rings is 1. The maximum atomic E-state index is 12.9. The van der Waals surface area contributed by atoms with Crippen LogP contribution in [0, 0.1) is 5.82 Å². The molecule has 1 unspecified atom stereocenters. The van der Waals surface area contributed by atoms with Gasteiger partial charge in [-0.2, -0.15) is 0 Å². The number of hydrogen-bond acceptors (Lipinski definition) is 3. The quantitative estimate of drug-likeness (QED) is 0.785. The van der Waals surface area contributed by atoms with Gasteiger partial charge in [-0.05, 0) is 37.6 Å². The van der Waals surface area contributed by atoms with Crippen LogP contribution in [-0.2, 0) is 0 Å². The smallest absolute Gasteiger partial charge is 0.252 e. The maximum Gasteiger partial charge on any atom is 0.252 e. The fourth-order valence-electron chi connectivity index (χ4n) is 2.12. The van der Waals surface area contributed by atoms with E-state index in [0.29, 0.717) is 13.0 Å². The lowest BCUT2D eigenvalue weighted by atomic mass is 9.94. The van der Waals surface area contributed by atoms with Gasteiger partial charge in [-0.1, -0.05) is 11.6 Å². The molecule has 104 valence electrons. The minimum Gasteiger partial charge on any atom is -0.387 e. The number of β-amino-alcohol motifs (C(OH)–C–C–N with tert-alkyl or cyclic N) is 1. The van der Waals surface area contributed by atoms with Gasteiger partial charge in [0.15, 0.2) is 0 Å². The van der Waals surface area contributed by atoms with Crippen molar-refractivity contribution < 1.29 is 14.3 Å². The van der Waals surface area contributed by atoms with Gasteiger partial charge in [0.1, 0.15) is 5.82 Å². The maximum absolute atomic E-state index is 12.9. The summed E-state index contributed by atoms with van der Waals surface area (Å²) in [6.45, 7) is 1.47. The summed E-state index contributed by atoms with van der Waals surface area (Å²) in [5.74, 6) is -0.902. The van der Waals surface area contributed by atoms with Gasteiger partial charge in [0.2, 0.25) is 0 Å². The number of carbonyl (C=O) groups excluding carboxylic acids is 1. The summed E-state index contributed by atoms with van der Waals surface area (Å²) < 4.78 is 12.9. The lowest BCUT2D eigenvalue weighted by Gasteiger charge is -2.32. The Morgan fingerprint density at radius 1 is 1.58 bits per heavy atom. The molecule has 1 aliphatic rings. The number of amides is 1. The number of carbonyl (C=O) groups is 1. The molecule has 0 saturated carbocycles. The number of rotatable bonds is 3. The van der Waals surface area contributed by atoms with Crippen molar-refractivity contribution in [2.24, 2.45) is 0 Å². The van der Waals surface area contributed by atoms with Gasteiger partial charge in [-0.15, -0.1) is 0 Å². The first-order valence-corrected chi connectivity index (χ1v) is 6.54. The molecule has 1 aliphatic heterocycles. The Balaban J connectivity index is 1.97. The minimum atomic E-state index is -0.930. The summed E-state index contributed by atoms with van der Waals surface area (Å²) in [4.78, 5) is 11.9. The van der Waals surface area contributed by atoms with E-state index in [1.165, 1.54) is 12.1 Å². The molecule has 1 fully saturated rings. The first-order valence-electron chi connectivity index (χ1n) is 6.17. The van der Waals surface area contributed by atoms with Crippen LogP contribution in [0.2, 0.25) is 5.02 Å². The number of nitrogens with one attached hydrogen (secondary N) is 2. The minimum absolute atomic E-state index is 0.0614. The zero-order valence-electron chi connectivity index (χ0n) is 10.4. The highest BCUT2D eigenvalue weighted by molar-refractivity contribution is 6.33. The van der Waals surface area contributed by atoms with Crippen LogP contribution in [0.1, 0.15) is 23.2 Å². The Kier molecular flexibility index (Phi) is 4.39. The van der Waals surface area contributed by atoms with E-state index in [4.69, 9.17) is 11.6 Å². The lowest BCUT2D eigenvalue weighted by Crippen LogP contribution is -2.52. The molecule has 1 aromatic carbocycles. The zero-order valence-corrected chi connectivity index (χ0v) is 11.1. The predicted molar refractivity (Wildman–Crippen MR) is 70.8 cm³/mol. The average molecular weight is 287 g/mol. The molecule has 0 aromatic heterocycles. The molecule has 6 heteroatoms. The third-order valence-electron chi connectivity index (χ3n) is 3.20. The fraction of sp³-hybridized carbons (Fsp3) is 0.462. The van der Waals surface area contributed by atoms with E-state index < -0.39 is 17.3 Å². The van der Waals surface area contributed by atoms with Crippen LogP contribution in [-0.4, -0.2) is 36.2 Å². The van der Waals surface area contributed by atoms with Gasteiger partial charge in [-0.25, -0.2) is 4.39 Å². The zero-order chi connectivity index (χ0) is 13.9. The highest BCUT2D eigenvalue weighted by Crippen LogP contribution is 2.18. The lowest BCUT2D eigenvalue weighted by molar-refractivity contribution is 0.0170. The van der Waals surface area contributed by atoms with E-state index in [9.17, 15) is 14.3 Å². The highest BCUT2D eigenvalue weighted by atomic mass is 35.5. The second-order valence-corrected chi connectivity index (χ2v) is 5.22. The molecule has 19 heavy (non-hydrogen) atoms. The van der Waals surface area contributed by atoms with Crippen molar-refractivity contribution in [3.05, 3.63) is 34.6 Å². The summed E-state index contributed by atoms with van der Waals surface area (Å²) >= 11 is 5.80. The molecule has 1 saturated heterocycles. The first kappa shape index (κ1) is 14.2. The van der Waals surface area contributed by atoms with Crippen molar-refractivity contribution in [3.63, 3.8) is 0 Å². The number of piperidine rings is 1. The van der Waals surface area contributed by atoms with Crippen LogP contribution >= 0.6 is 11.6 Å². The van der Waals surface area contributed by atoms with Gasteiger partial charge < -0.3 is 15.7 Å². The van der Waals surface area contributed by atoms with Crippen LogP contribution in [0.3, 0.4) is 0 Å². The Morgan fingerprint density at radius 2 is 2.37 bits per heavy atom. The average Bonchev–Trinajstić information content (AvgIpc) is 2.37. The van der Waals surface area contributed by atoms with Crippen molar-refractivity contribution in [2.75, 3.05) is 19.6 Å². The molecule has 1 heterocycles. The molecule has 2 rings (SSSR count). The van der Waals surface area contributed by atoms with Gasteiger partial charge in [-0.3, -0.25) is 4.79 Å². The molecule has 1 aromatic rings. The molecule has 3 N–H and O–H groups in total.